The summed E-state index contributed by atoms with van der Waals surface area (Å²) in [6.07, 6.45) is 0.536. The van der Waals surface area contributed by atoms with Gasteiger partial charge in [-0.15, -0.1) is 0 Å². The van der Waals surface area contributed by atoms with E-state index in [0.717, 1.165) is 0 Å². The molecule has 0 fully saturated rings. The Balaban J connectivity index is 7.10. The highest BCUT2D eigenvalue weighted by Gasteiger charge is 2.64. The summed E-state index contributed by atoms with van der Waals surface area (Å²) in [5.41, 5.74) is 5.79. The fourth-order valence-corrected chi connectivity index (χ4v) is 34.2. The van der Waals surface area contributed by atoms with E-state index in [0.29, 0.717) is 19.0 Å². The van der Waals surface area contributed by atoms with E-state index in [4.69, 9.17) is 43.4 Å². The van der Waals surface area contributed by atoms with Gasteiger partial charge < -0.3 is 57.8 Å². The third-order valence-corrected chi connectivity index (χ3v) is 29.4. The average molecular weight is 688 g/mol. The van der Waals surface area contributed by atoms with Crippen LogP contribution in [0.2, 0.25) is 84.6 Å². The first-order valence-corrected chi connectivity index (χ1v) is 33.1. The van der Waals surface area contributed by atoms with Gasteiger partial charge in [-0.25, -0.2) is 0 Å². The Kier molecular flexibility index (Phi) is 14.6. The Labute approximate surface area is 238 Å². The second-order valence-corrected chi connectivity index (χ2v) is 38.2. The Morgan fingerprint density at radius 2 is 0.789 bits per heavy atom. The molecule has 0 amide bonds. The smallest absolute Gasteiger partial charge is 0.415 e. The zero-order valence-corrected chi connectivity index (χ0v) is 33.7. The number of nitrogens with two attached hydrogens (primary N) is 1. The van der Waals surface area contributed by atoms with E-state index in [1.54, 1.807) is 78.6 Å². The number of hydrogen-bond donors (Lipinski definition) is 4. The Hall–Kier alpha value is 1.22. The van der Waals surface area contributed by atoms with Gasteiger partial charge >= 0.3 is 69.2 Å². The van der Waals surface area contributed by atoms with Gasteiger partial charge in [-0.1, -0.05) is 0 Å². The lowest BCUT2D eigenvalue weighted by atomic mass is 10.5. The molecule has 0 saturated carbocycles. The van der Waals surface area contributed by atoms with Gasteiger partial charge in [0.05, 0.1) is 0 Å². The Bertz CT molecular complexity index is 649. The maximum Gasteiger partial charge on any atom is 0.645 e. The number of rotatable bonds is 19. The van der Waals surface area contributed by atoms with Crippen molar-refractivity contribution in [1.82, 2.24) is 0 Å². The van der Waals surface area contributed by atoms with E-state index in [1.807, 2.05) is 0 Å². The molecule has 0 saturated heterocycles. The van der Waals surface area contributed by atoms with E-state index < -0.39 is 69.2 Å². The first-order chi connectivity index (χ1) is 16.6. The topological polar surface area (TPSA) is 170 Å². The fraction of sp³-hybridized carbons (Fsp3) is 1.00. The SMILES string of the molecule is CO[Si](CCCN)(OC)O[Si](O[Si](C)(C)O[Si](C)(C)O)(O[Si](C)(C)O[Si](C)(C)O)O[Si](C)(C)O[Si](C)(C)O. The quantitative estimate of drug-likeness (QED) is 0.146. The highest BCUT2D eigenvalue weighted by atomic mass is 28.6. The summed E-state index contributed by atoms with van der Waals surface area (Å²) in [7, 11) is -23.9. The molecule has 13 nitrogen and oxygen atoms in total. The second-order valence-electron chi connectivity index (χ2n) is 11.7. The summed E-state index contributed by atoms with van der Waals surface area (Å²) >= 11 is 0. The summed E-state index contributed by atoms with van der Waals surface area (Å²) < 4.78 is 56.4. The minimum atomic E-state index is -4.41. The van der Waals surface area contributed by atoms with Crippen LogP contribution in [-0.2, 0) is 37.7 Å². The first kappa shape index (κ1) is 39.2. The Morgan fingerprint density at radius 3 is 1.00 bits per heavy atom. The monoisotopic (exact) mass is 687 g/mol. The van der Waals surface area contributed by atoms with Gasteiger partial charge in [0, 0.05) is 20.3 Å². The predicted molar refractivity (Wildman–Crippen MR) is 163 cm³/mol. The minimum absolute atomic E-state index is 0.344. The molecule has 0 atom stereocenters. The predicted octanol–water partition coefficient (Wildman–Crippen LogP) is 2.31. The van der Waals surface area contributed by atoms with Crippen molar-refractivity contribution in [1.29, 1.82) is 0 Å². The molecule has 0 heterocycles. The molecule has 0 aromatic rings. The van der Waals surface area contributed by atoms with Crippen molar-refractivity contribution in [3.05, 3.63) is 0 Å². The van der Waals surface area contributed by atoms with E-state index in [-0.39, 0.29) is 0 Å². The van der Waals surface area contributed by atoms with E-state index >= 15 is 0 Å². The van der Waals surface area contributed by atoms with Crippen LogP contribution in [0.3, 0.4) is 0 Å². The molecule has 5 N–H and O–H groups in total. The molecule has 0 aliphatic carbocycles. The van der Waals surface area contributed by atoms with Crippen LogP contribution >= 0.6 is 0 Å². The van der Waals surface area contributed by atoms with Gasteiger partial charge in [-0.3, -0.25) is 0 Å². The third kappa shape index (κ3) is 16.6. The zero-order chi connectivity index (χ0) is 30.5. The summed E-state index contributed by atoms with van der Waals surface area (Å²) in [4.78, 5) is 31.8. The van der Waals surface area contributed by atoms with Crippen LogP contribution in [-0.4, -0.2) is 104 Å². The molecule has 0 unspecified atom stereocenters. The van der Waals surface area contributed by atoms with Crippen LogP contribution in [0, 0.1) is 0 Å². The molecule has 0 spiro atoms. The van der Waals surface area contributed by atoms with Crippen LogP contribution in [0.5, 0.6) is 0 Å². The molecule has 0 radical (unpaired) electrons. The fourth-order valence-electron chi connectivity index (χ4n) is 3.83. The molecule has 0 rings (SSSR count). The molecule has 0 aromatic carbocycles. The van der Waals surface area contributed by atoms with Crippen molar-refractivity contribution in [3.63, 3.8) is 0 Å². The van der Waals surface area contributed by atoms with E-state index in [1.165, 1.54) is 14.2 Å². The third-order valence-electron chi connectivity index (χ3n) is 4.19. The average Bonchev–Trinajstić information content (AvgIpc) is 2.57. The van der Waals surface area contributed by atoms with Gasteiger partial charge in [0.25, 0.3) is 0 Å². The maximum absolute atomic E-state index is 10.6. The molecule has 21 heteroatoms. The summed E-state index contributed by atoms with van der Waals surface area (Å²) in [6, 6.07) is 0.344. The van der Waals surface area contributed by atoms with Crippen LogP contribution in [0.1, 0.15) is 6.42 Å². The summed E-state index contributed by atoms with van der Waals surface area (Å²) in [5.74, 6) is 0. The number of hydrogen-bond acceptors (Lipinski definition) is 13. The lowest BCUT2D eigenvalue weighted by molar-refractivity contribution is 0.0579. The van der Waals surface area contributed by atoms with Crippen LogP contribution in [0.4, 0.5) is 0 Å². The molecule has 0 aliphatic heterocycles. The summed E-state index contributed by atoms with van der Waals surface area (Å²) in [6.45, 7) is 20.6. The van der Waals surface area contributed by atoms with E-state index in [2.05, 4.69) is 0 Å². The Morgan fingerprint density at radius 1 is 0.500 bits per heavy atom. The van der Waals surface area contributed by atoms with Crippen molar-refractivity contribution in [3.8, 4) is 0 Å². The maximum atomic E-state index is 10.6. The molecule has 38 heavy (non-hydrogen) atoms. The highest BCUT2D eigenvalue weighted by molar-refractivity contribution is 6.92. The van der Waals surface area contributed by atoms with Gasteiger partial charge in [0.15, 0.2) is 0 Å². The van der Waals surface area contributed by atoms with Crippen molar-refractivity contribution in [2.75, 3.05) is 20.8 Å². The van der Waals surface area contributed by atoms with Crippen LogP contribution in [0.25, 0.3) is 0 Å². The van der Waals surface area contributed by atoms with Crippen LogP contribution < -0.4 is 5.73 Å². The highest BCUT2D eigenvalue weighted by Crippen LogP contribution is 2.34. The molecule has 230 valence electrons. The normalized spacial score (nSPS) is 15.3. The van der Waals surface area contributed by atoms with Gasteiger partial charge in [-0.2, -0.15) is 0 Å². The van der Waals surface area contributed by atoms with Gasteiger partial charge in [0.1, 0.15) is 0 Å². The molecular weight excluding hydrogens is 635 g/mol. The largest absolute Gasteiger partial charge is 0.645 e. The van der Waals surface area contributed by atoms with Gasteiger partial charge in [0.2, 0.25) is 0 Å². The van der Waals surface area contributed by atoms with Crippen molar-refractivity contribution >= 4 is 69.2 Å². The summed E-state index contributed by atoms with van der Waals surface area (Å²) in [5, 5.41) is 0. The molecule has 0 aromatic heterocycles. The molecular formula is C17H53NO12Si8. The second kappa shape index (κ2) is 14.1. The van der Waals surface area contributed by atoms with Gasteiger partial charge in [-0.05, 0) is 91.5 Å². The lowest BCUT2D eigenvalue weighted by Gasteiger charge is -2.46. The van der Waals surface area contributed by atoms with Crippen molar-refractivity contribution in [2.45, 2.75) is 91.0 Å². The van der Waals surface area contributed by atoms with Crippen LogP contribution in [0.15, 0.2) is 0 Å². The standard InChI is InChI=1S/C17H53NO12Si8/c1-22-37(23-2,17-15-16-18)30-38(27-34(9,10)24-31(3,4)19,28-35(11,12)25-32(5,6)20)29-36(13,14)26-33(7,8)21/h19-21H,15-18H2,1-14H3. The van der Waals surface area contributed by atoms with E-state index in [9.17, 15) is 14.4 Å². The molecule has 0 aliphatic rings. The minimum Gasteiger partial charge on any atom is -0.415 e. The first-order valence-electron chi connectivity index (χ1n) is 12.5. The zero-order valence-electron chi connectivity index (χ0n) is 25.7. The van der Waals surface area contributed by atoms with Crippen molar-refractivity contribution in [2.24, 2.45) is 5.73 Å². The molecule has 0 bridgehead atoms. The van der Waals surface area contributed by atoms with Crippen molar-refractivity contribution < 1.29 is 52.0 Å². The lowest BCUT2D eigenvalue weighted by Crippen LogP contribution is -2.71.